The highest BCUT2D eigenvalue weighted by Crippen LogP contribution is 2.66. The van der Waals surface area contributed by atoms with E-state index in [2.05, 4.69) is 46.8 Å². The average molecular weight is 385 g/mol. The summed E-state index contributed by atoms with van der Waals surface area (Å²) in [5.74, 6) is 6.16. The van der Waals surface area contributed by atoms with Crippen molar-refractivity contribution in [2.75, 3.05) is 0 Å². The number of allylic oxidation sites excluding steroid dienone is 2. The van der Waals surface area contributed by atoms with Crippen LogP contribution in [0.2, 0.25) is 0 Å². The quantitative estimate of drug-likeness (QED) is 0.450. The van der Waals surface area contributed by atoms with Crippen molar-refractivity contribution in [2.45, 2.75) is 98.8 Å². The number of hydrogen-bond donors (Lipinski definition) is 0. The predicted octanol–water partition coefficient (Wildman–Crippen LogP) is 7.45. The SMILES string of the molecule is CC(C)CCC[C@@H](C)[C@H]1CC[C@H]2[C@@H]3C=C[C@H]4CC(=O)CC[C@]4(C)[C@H]3CC[C@]12C. The van der Waals surface area contributed by atoms with Crippen molar-refractivity contribution in [2.24, 2.45) is 52.3 Å². The first kappa shape index (κ1) is 20.7. The van der Waals surface area contributed by atoms with E-state index >= 15 is 0 Å². The average Bonchev–Trinajstić information content (AvgIpc) is 2.99. The zero-order valence-corrected chi connectivity index (χ0v) is 19.2. The first-order valence-electron chi connectivity index (χ1n) is 12.5. The molecular formula is C27H44O. The fraction of sp³-hybridized carbons (Fsp3) is 0.889. The van der Waals surface area contributed by atoms with E-state index in [9.17, 15) is 4.79 Å². The summed E-state index contributed by atoms with van der Waals surface area (Å²) in [5.41, 5.74) is 0.937. The molecule has 8 atom stereocenters. The standard InChI is InChI=1S/C27H44O/c1-18(2)7-6-8-19(3)23-11-12-24-22-10-9-20-17-21(28)13-15-26(20,4)25(22)14-16-27(23,24)5/h9-10,18-20,22-25H,6-8,11-17H2,1-5H3/t19-,20+,22+,23-,24+,25+,26+,27-/m1/s1. The lowest BCUT2D eigenvalue weighted by Crippen LogP contribution is -2.52. The first-order chi connectivity index (χ1) is 13.3. The third-order valence-corrected chi connectivity index (χ3v) is 10.2. The van der Waals surface area contributed by atoms with Gasteiger partial charge < -0.3 is 0 Å². The zero-order chi connectivity index (χ0) is 20.1. The number of ketones is 1. The van der Waals surface area contributed by atoms with Crippen molar-refractivity contribution in [3.05, 3.63) is 12.2 Å². The number of carbonyl (C=O) groups excluding carboxylic acids is 1. The van der Waals surface area contributed by atoms with Crippen LogP contribution < -0.4 is 0 Å². The maximum atomic E-state index is 12.1. The summed E-state index contributed by atoms with van der Waals surface area (Å²) in [6.07, 6.45) is 17.8. The highest BCUT2D eigenvalue weighted by molar-refractivity contribution is 5.80. The summed E-state index contributed by atoms with van der Waals surface area (Å²) in [5, 5.41) is 0. The first-order valence-corrected chi connectivity index (χ1v) is 12.5. The van der Waals surface area contributed by atoms with Crippen LogP contribution in [0.25, 0.3) is 0 Å². The number of hydrogen-bond acceptors (Lipinski definition) is 1. The maximum Gasteiger partial charge on any atom is 0.133 e. The van der Waals surface area contributed by atoms with E-state index in [1.807, 2.05) is 0 Å². The zero-order valence-electron chi connectivity index (χ0n) is 19.2. The molecule has 0 aromatic heterocycles. The van der Waals surface area contributed by atoms with Crippen LogP contribution in [0.3, 0.4) is 0 Å². The van der Waals surface area contributed by atoms with Crippen LogP contribution in [0, 0.1) is 52.3 Å². The molecule has 1 heteroatoms. The summed E-state index contributed by atoms with van der Waals surface area (Å²) >= 11 is 0. The van der Waals surface area contributed by atoms with Crippen molar-refractivity contribution in [3.8, 4) is 0 Å². The van der Waals surface area contributed by atoms with Gasteiger partial charge in [0.2, 0.25) is 0 Å². The van der Waals surface area contributed by atoms with Crippen molar-refractivity contribution in [1.29, 1.82) is 0 Å². The summed E-state index contributed by atoms with van der Waals surface area (Å²) in [6, 6.07) is 0. The molecule has 0 saturated heterocycles. The molecule has 0 aromatic rings. The monoisotopic (exact) mass is 384 g/mol. The van der Waals surface area contributed by atoms with Gasteiger partial charge >= 0.3 is 0 Å². The second-order valence-corrected chi connectivity index (χ2v) is 12.1. The van der Waals surface area contributed by atoms with Crippen LogP contribution in [0.4, 0.5) is 0 Å². The highest BCUT2D eigenvalue weighted by Gasteiger charge is 2.59. The molecule has 0 unspecified atom stereocenters. The van der Waals surface area contributed by atoms with Crippen LogP contribution in [0.5, 0.6) is 0 Å². The third kappa shape index (κ3) is 3.33. The van der Waals surface area contributed by atoms with E-state index in [1.54, 1.807) is 0 Å². The fourth-order valence-electron chi connectivity index (χ4n) is 8.44. The molecule has 4 rings (SSSR count). The van der Waals surface area contributed by atoms with Gasteiger partial charge in [0.1, 0.15) is 5.78 Å². The molecule has 0 spiro atoms. The second-order valence-electron chi connectivity index (χ2n) is 12.1. The van der Waals surface area contributed by atoms with Gasteiger partial charge in [-0.15, -0.1) is 0 Å². The highest BCUT2D eigenvalue weighted by atomic mass is 16.1. The Bertz CT molecular complexity index is 618. The molecule has 0 radical (unpaired) electrons. The van der Waals surface area contributed by atoms with Crippen molar-refractivity contribution < 1.29 is 4.79 Å². The van der Waals surface area contributed by atoms with E-state index < -0.39 is 0 Å². The van der Waals surface area contributed by atoms with Crippen LogP contribution in [-0.2, 0) is 4.79 Å². The topological polar surface area (TPSA) is 17.1 Å². The summed E-state index contributed by atoms with van der Waals surface area (Å²) in [6.45, 7) is 12.5. The lowest BCUT2D eigenvalue weighted by atomic mass is 9.46. The molecular weight excluding hydrogens is 340 g/mol. The minimum absolute atomic E-state index is 0.385. The molecule has 0 heterocycles. The number of carbonyl (C=O) groups is 1. The van der Waals surface area contributed by atoms with E-state index in [-0.39, 0.29) is 0 Å². The number of fused-ring (bicyclic) bond motifs is 5. The normalized spacial score (nSPS) is 46.2. The minimum Gasteiger partial charge on any atom is -0.300 e. The maximum absolute atomic E-state index is 12.1. The summed E-state index contributed by atoms with van der Waals surface area (Å²) in [4.78, 5) is 12.1. The third-order valence-electron chi connectivity index (χ3n) is 10.2. The molecule has 0 aliphatic heterocycles. The van der Waals surface area contributed by atoms with Gasteiger partial charge in [0.25, 0.3) is 0 Å². The van der Waals surface area contributed by atoms with Crippen molar-refractivity contribution in [1.82, 2.24) is 0 Å². The molecule has 28 heavy (non-hydrogen) atoms. The molecule has 1 nitrogen and oxygen atoms in total. The Kier molecular flexibility index (Phi) is 5.60. The van der Waals surface area contributed by atoms with Gasteiger partial charge in [-0.1, -0.05) is 66.0 Å². The number of Topliss-reactive ketones (excluding diaryl/α,β-unsaturated/α-hetero) is 1. The van der Waals surface area contributed by atoms with E-state index in [0.29, 0.717) is 22.5 Å². The second kappa shape index (κ2) is 7.59. The van der Waals surface area contributed by atoms with E-state index in [1.165, 1.54) is 44.9 Å². The summed E-state index contributed by atoms with van der Waals surface area (Å²) in [7, 11) is 0. The molecule has 3 saturated carbocycles. The molecule has 158 valence electrons. The van der Waals surface area contributed by atoms with Crippen LogP contribution in [-0.4, -0.2) is 5.78 Å². The van der Waals surface area contributed by atoms with E-state index in [0.717, 1.165) is 54.8 Å². The van der Waals surface area contributed by atoms with Gasteiger partial charge in [-0.3, -0.25) is 4.79 Å². The lowest BCUT2D eigenvalue weighted by Gasteiger charge is -2.58. The molecule has 4 aliphatic carbocycles. The largest absolute Gasteiger partial charge is 0.300 e. The van der Waals surface area contributed by atoms with Gasteiger partial charge in [-0.05, 0) is 84.4 Å². The Morgan fingerprint density at radius 1 is 0.964 bits per heavy atom. The minimum atomic E-state index is 0.385. The lowest BCUT2D eigenvalue weighted by molar-refractivity contribution is -0.128. The molecule has 0 aromatic carbocycles. The van der Waals surface area contributed by atoms with Gasteiger partial charge in [-0.2, -0.15) is 0 Å². The Balaban J connectivity index is 1.50. The van der Waals surface area contributed by atoms with Crippen LogP contribution in [0.15, 0.2) is 12.2 Å². The van der Waals surface area contributed by atoms with Crippen molar-refractivity contribution in [3.63, 3.8) is 0 Å². The predicted molar refractivity (Wildman–Crippen MR) is 118 cm³/mol. The fourth-order valence-corrected chi connectivity index (χ4v) is 8.44. The van der Waals surface area contributed by atoms with Crippen LogP contribution in [0.1, 0.15) is 98.8 Å². The Labute approximate surface area is 174 Å². The Morgan fingerprint density at radius 3 is 2.46 bits per heavy atom. The molecule has 0 N–H and O–H groups in total. The molecule has 3 fully saturated rings. The summed E-state index contributed by atoms with van der Waals surface area (Å²) < 4.78 is 0. The van der Waals surface area contributed by atoms with Gasteiger partial charge in [0.05, 0.1) is 0 Å². The van der Waals surface area contributed by atoms with Gasteiger partial charge in [-0.25, -0.2) is 0 Å². The number of rotatable bonds is 5. The molecule has 4 aliphatic rings. The smallest absolute Gasteiger partial charge is 0.133 e. The van der Waals surface area contributed by atoms with E-state index in [4.69, 9.17) is 0 Å². The molecule has 0 bridgehead atoms. The van der Waals surface area contributed by atoms with Crippen LogP contribution >= 0.6 is 0 Å². The Hall–Kier alpha value is -0.590. The molecule has 0 amide bonds. The van der Waals surface area contributed by atoms with Gasteiger partial charge in [0.15, 0.2) is 0 Å². The van der Waals surface area contributed by atoms with Gasteiger partial charge in [0, 0.05) is 12.8 Å². The van der Waals surface area contributed by atoms with Crippen molar-refractivity contribution >= 4 is 5.78 Å². The Morgan fingerprint density at radius 2 is 1.71 bits per heavy atom.